The van der Waals surface area contributed by atoms with Crippen molar-refractivity contribution in [2.75, 3.05) is 25.6 Å². The van der Waals surface area contributed by atoms with E-state index in [2.05, 4.69) is 4.28 Å². The van der Waals surface area contributed by atoms with Crippen molar-refractivity contribution in [1.82, 2.24) is 5.06 Å². The first-order chi connectivity index (χ1) is 17.3. The van der Waals surface area contributed by atoms with Crippen LogP contribution in [-0.4, -0.2) is 53.9 Å². The van der Waals surface area contributed by atoms with Crippen molar-refractivity contribution in [1.29, 1.82) is 0 Å². The number of imide groups is 1. The van der Waals surface area contributed by atoms with E-state index in [1.165, 1.54) is 23.9 Å². The second-order valence-corrected chi connectivity index (χ2v) is 9.23. The summed E-state index contributed by atoms with van der Waals surface area (Å²) in [4.78, 5) is 38.0. The van der Waals surface area contributed by atoms with E-state index < -0.39 is 35.3 Å². The fourth-order valence-corrected chi connectivity index (χ4v) is 4.69. The van der Waals surface area contributed by atoms with Gasteiger partial charge >= 0.3 is 11.5 Å². The number of hydrogen-bond donors (Lipinski definition) is 0. The lowest BCUT2D eigenvalue weighted by Crippen LogP contribution is -2.39. The van der Waals surface area contributed by atoms with Crippen LogP contribution in [0.5, 0.6) is 0 Å². The van der Waals surface area contributed by atoms with Gasteiger partial charge in [0.25, 0.3) is 11.8 Å². The molecule has 0 radical (unpaired) electrons. The van der Waals surface area contributed by atoms with Crippen molar-refractivity contribution < 1.29 is 41.3 Å². The Balaban J connectivity index is 1.33. The van der Waals surface area contributed by atoms with Gasteiger partial charge in [-0.1, -0.05) is 30.3 Å². The van der Waals surface area contributed by atoms with Crippen LogP contribution in [0.1, 0.15) is 31.1 Å². The maximum absolute atomic E-state index is 12.7. The molecule has 1 aliphatic heterocycles. The molecule has 0 spiro atoms. The number of thioether (sulfide) groups is 1. The highest BCUT2D eigenvalue weighted by molar-refractivity contribution is 7.99. The van der Waals surface area contributed by atoms with Crippen LogP contribution < -0.4 is 0 Å². The van der Waals surface area contributed by atoms with Crippen LogP contribution in [0.4, 0.5) is 13.2 Å². The molecule has 0 atom stereocenters. The first-order valence-electron chi connectivity index (χ1n) is 10.6. The van der Waals surface area contributed by atoms with Crippen molar-refractivity contribution in [2.45, 2.75) is 10.4 Å². The lowest BCUT2D eigenvalue weighted by atomic mass is 9.95. The number of benzene rings is 3. The van der Waals surface area contributed by atoms with Gasteiger partial charge in [0.05, 0.1) is 29.9 Å². The molecule has 0 saturated heterocycles. The van der Waals surface area contributed by atoms with Gasteiger partial charge in [-0.15, -0.1) is 16.8 Å². The molecular formula is C24H18F3NO6S2. The molecule has 0 unspecified atom stereocenters. The molecule has 1 aliphatic rings. The molecule has 7 nitrogen and oxygen atoms in total. The third-order valence-corrected chi connectivity index (χ3v) is 6.44. The zero-order valence-corrected chi connectivity index (χ0v) is 20.1. The van der Waals surface area contributed by atoms with Crippen molar-refractivity contribution in [3.63, 3.8) is 0 Å². The lowest BCUT2D eigenvalue weighted by molar-refractivity contribution is -0.0570. The van der Waals surface area contributed by atoms with Crippen molar-refractivity contribution in [3.05, 3.63) is 77.4 Å². The molecule has 3 aromatic carbocycles. The standard InChI is InChI=1S/C24H18F3NO6S2/c25-24(26,27)36-34-28-21(29)17-8-4-7-16-19(10-9-18(20(16)17)22(28)30)35-14-13-32-11-12-33-23(31)15-5-2-1-3-6-15/h1-10H,11-14H2. The highest BCUT2D eigenvalue weighted by atomic mass is 32.2. The first kappa shape index (κ1) is 26.0. The summed E-state index contributed by atoms with van der Waals surface area (Å²) in [6.07, 6.45) is 0. The van der Waals surface area contributed by atoms with E-state index in [0.29, 0.717) is 28.7 Å². The molecule has 0 saturated carbocycles. The van der Waals surface area contributed by atoms with Gasteiger partial charge < -0.3 is 9.47 Å². The number of esters is 1. The van der Waals surface area contributed by atoms with Crippen LogP contribution in [0.2, 0.25) is 0 Å². The number of hydroxylamine groups is 2. The quantitative estimate of drug-likeness (QED) is 0.110. The number of rotatable bonds is 10. The number of carbonyl (C=O) groups excluding carboxylic acids is 3. The Bertz CT molecular complexity index is 1260. The van der Waals surface area contributed by atoms with Gasteiger partial charge in [-0.2, -0.15) is 17.5 Å². The summed E-state index contributed by atoms with van der Waals surface area (Å²) in [5.41, 5.74) is -4.17. The minimum Gasteiger partial charge on any atom is -0.460 e. The zero-order chi connectivity index (χ0) is 25.7. The summed E-state index contributed by atoms with van der Waals surface area (Å²) < 4.78 is 52.6. The second kappa shape index (κ2) is 11.3. The second-order valence-electron chi connectivity index (χ2n) is 7.31. The Labute approximate surface area is 212 Å². The lowest BCUT2D eigenvalue weighted by Gasteiger charge is -2.25. The molecule has 0 aliphatic carbocycles. The predicted molar refractivity (Wildman–Crippen MR) is 127 cm³/mol. The average molecular weight is 538 g/mol. The van der Waals surface area contributed by atoms with Crippen molar-refractivity contribution >= 4 is 52.4 Å². The molecule has 0 aromatic heterocycles. The minimum atomic E-state index is -4.78. The Morgan fingerprint density at radius 3 is 2.31 bits per heavy atom. The molecule has 4 rings (SSSR count). The number of hydrogen-bond acceptors (Lipinski definition) is 8. The van der Waals surface area contributed by atoms with Crippen LogP contribution in [0, 0.1) is 0 Å². The number of ether oxygens (including phenoxy) is 2. The van der Waals surface area contributed by atoms with Gasteiger partial charge in [0.2, 0.25) is 0 Å². The van der Waals surface area contributed by atoms with Crippen molar-refractivity contribution in [3.8, 4) is 0 Å². The highest BCUT2D eigenvalue weighted by Gasteiger charge is 2.39. The molecule has 12 heteroatoms. The topological polar surface area (TPSA) is 82.1 Å². The molecule has 0 bridgehead atoms. The molecule has 3 aromatic rings. The molecule has 0 N–H and O–H groups in total. The van der Waals surface area contributed by atoms with Crippen molar-refractivity contribution in [2.24, 2.45) is 0 Å². The van der Waals surface area contributed by atoms with Gasteiger partial charge in [0.1, 0.15) is 18.6 Å². The summed E-state index contributed by atoms with van der Waals surface area (Å²) in [6.45, 7) is 0.678. The molecule has 2 amide bonds. The minimum absolute atomic E-state index is 0.0730. The van der Waals surface area contributed by atoms with Crippen LogP contribution in [0.25, 0.3) is 10.8 Å². The predicted octanol–water partition coefficient (Wildman–Crippen LogP) is 5.50. The summed E-state index contributed by atoms with van der Waals surface area (Å²) in [6, 6.07) is 16.5. The Hall–Kier alpha value is -3.06. The molecule has 1 heterocycles. The number of nitrogens with zero attached hydrogens (tertiary/aromatic N) is 1. The Kier molecular flexibility index (Phi) is 8.19. The fraction of sp³-hybridized carbons (Fsp3) is 0.208. The van der Waals surface area contributed by atoms with Crippen LogP contribution in [0.3, 0.4) is 0 Å². The number of alkyl halides is 3. The van der Waals surface area contributed by atoms with Gasteiger partial charge in [0.15, 0.2) is 0 Å². The summed E-state index contributed by atoms with van der Waals surface area (Å²) in [5.74, 6) is -1.83. The fourth-order valence-electron chi connectivity index (χ4n) is 3.48. The van der Waals surface area contributed by atoms with Gasteiger partial charge in [-0.05, 0) is 35.7 Å². The van der Waals surface area contributed by atoms with E-state index in [9.17, 15) is 27.6 Å². The summed E-state index contributed by atoms with van der Waals surface area (Å²) in [7, 11) is 0. The Morgan fingerprint density at radius 2 is 1.58 bits per heavy atom. The molecule has 0 fully saturated rings. The summed E-state index contributed by atoms with van der Waals surface area (Å²) in [5, 5.41) is 1.11. The van der Waals surface area contributed by atoms with Gasteiger partial charge in [0, 0.05) is 16.0 Å². The third-order valence-electron chi connectivity index (χ3n) is 4.99. The average Bonchev–Trinajstić information content (AvgIpc) is 2.86. The molecule has 188 valence electrons. The maximum Gasteiger partial charge on any atom is 0.470 e. The monoisotopic (exact) mass is 537 g/mol. The van der Waals surface area contributed by atoms with E-state index in [1.807, 2.05) is 0 Å². The molecular weight excluding hydrogens is 519 g/mol. The first-order valence-corrected chi connectivity index (χ1v) is 12.3. The smallest absolute Gasteiger partial charge is 0.460 e. The van der Waals surface area contributed by atoms with Crippen LogP contribution in [0.15, 0.2) is 65.6 Å². The Morgan fingerprint density at radius 1 is 0.861 bits per heavy atom. The van der Waals surface area contributed by atoms with Crippen LogP contribution >= 0.6 is 23.8 Å². The summed E-state index contributed by atoms with van der Waals surface area (Å²) >= 11 is 0.500. The highest BCUT2D eigenvalue weighted by Crippen LogP contribution is 2.38. The number of amides is 2. The SMILES string of the molecule is O=C(OCCOCCSc1ccc2c3c(cccc13)C(=O)N(OSC(F)(F)F)C2=O)c1ccccc1. The molecule has 36 heavy (non-hydrogen) atoms. The normalized spacial score (nSPS) is 13.4. The van der Waals surface area contributed by atoms with E-state index >= 15 is 0 Å². The van der Waals surface area contributed by atoms with E-state index in [1.54, 1.807) is 48.5 Å². The van der Waals surface area contributed by atoms with E-state index in [0.717, 1.165) is 4.90 Å². The largest absolute Gasteiger partial charge is 0.470 e. The third kappa shape index (κ3) is 6.01. The number of halogens is 3. The van der Waals surface area contributed by atoms with E-state index in [4.69, 9.17) is 9.47 Å². The number of carbonyl (C=O) groups is 3. The van der Waals surface area contributed by atoms with Crippen LogP contribution in [-0.2, 0) is 13.8 Å². The maximum atomic E-state index is 12.7. The van der Waals surface area contributed by atoms with Gasteiger partial charge in [-0.3, -0.25) is 9.59 Å². The van der Waals surface area contributed by atoms with Gasteiger partial charge in [-0.25, -0.2) is 4.79 Å². The zero-order valence-electron chi connectivity index (χ0n) is 18.4. The van der Waals surface area contributed by atoms with E-state index in [-0.39, 0.29) is 29.4 Å².